The minimum Gasteiger partial charge on any atom is -0.383 e. The number of nitrogens with zero attached hydrogens (tertiary/aromatic N) is 2. The zero-order valence-corrected chi connectivity index (χ0v) is 14.3. The van der Waals surface area contributed by atoms with Crippen molar-refractivity contribution < 1.29 is 0 Å². The molecule has 0 aliphatic rings. The second-order valence-electron chi connectivity index (χ2n) is 5.96. The standard InChI is InChI=1S/C15H15Cl2N3S/c1-15(2,3)11-5-4-10(21-11)12-13(18)20-7-8(16)6-9(17)14(20)19-12/h4-7H,18H2,1-3H3. The summed E-state index contributed by atoms with van der Waals surface area (Å²) < 4.78 is 1.73. The molecule has 6 heteroatoms. The number of hydrogen-bond donors (Lipinski definition) is 1. The second kappa shape index (κ2) is 4.90. The van der Waals surface area contributed by atoms with Crippen molar-refractivity contribution in [3.63, 3.8) is 0 Å². The Hall–Kier alpha value is -1.23. The summed E-state index contributed by atoms with van der Waals surface area (Å²) in [6.45, 7) is 6.56. The molecular weight excluding hydrogens is 325 g/mol. The lowest BCUT2D eigenvalue weighted by molar-refractivity contribution is 0.604. The molecule has 3 aromatic rings. The van der Waals surface area contributed by atoms with Crippen molar-refractivity contribution in [3.05, 3.63) is 39.3 Å². The highest BCUT2D eigenvalue weighted by Crippen LogP contribution is 2.38. The van der Waals surface area contributed by atoms with Crippen LogP contribution in [0.5, 0.6) is 0 Å². The van der Waals surface area contributed by atoms with Crippen molar-refractivity contribution in [2.45, 2.75) is 26.2 Å². The molecule has 0 aliphatic carbocycles. The maximum absolute atomic E-state index is 6.22. The number of halogens is 2. The van der Waals surface area contributed by atoms with Crippen LogP contribution in [0.2, 0.25) is 10.0 Å². The van der Waals surface area contributed by atoms with E-state index < -0.39 is 0 Å². The number of anilines is 1. The molecule has 0 fully saturated rings. The van der Waals surface area contributed by atoms with Crippen LogP contribution >= 0.6 is 34.5 Å². The van der Waals surface area contributed by atoms with Crippen LogP contribution in [0.4, 0.5) is 5.82 Å². The van der Waals surface area contributed by atoms with Gasteiger partial charge in [-0.15, -0.1) is 11.3 Å². The first-order valence-electron chi connectivity index (χ1n) is 6.50. The van der Waals surface area contributed by atoms with Crippen molar-refractivity contribution >= 4 is 46.0 Å². The van der Waals surface area contributed by atoms with E-state index in [0.29, 0.717) is 21.5 Å². The van der Waals surface area contributed by atoms with E-state index in [1.807, 2.05) is 0 Å². The summed E-state index contributed by atoms with van der Waals surface area (Å²) in [6.07, 6.45) is 1.73. The largest absolute Gasteiger partial charge is 0.383 e. The fourth-order valence-electron chi connectivity index (χ4n) is 2.14. The van der Waals surface area contributed by atoms with Crippen LogP contribution in [0.1, 0.15) is 25.6 Å². The summed E-state index contributed by atoms with van der Waals surface area (Å²) in [6, 6.07) is 5.85. The normalized spacial score (nSPS) is 12.2. The van der Waals surface area contributed by atoms with Crippen molar-refractivity contribution in [2.24, 2.45) is 0 Å². The summed E-state index contributed by atoms with van der Waals surface area (Å²) in [5, 5.41) is 1.03. The van der Waals surface area contributed by atoms with Gasteiger partial charge in [-0.25, -0.2) is 4.98 Å². The number of pyridine rings is 1. The molecule has 0 amide bonds. The number of nitrogens with two attached hydrogens (primary N) is 1. The molecule has 21 heavy (non-hydrogen) atoms. The van der Waals surface area contributed by atoms with E-state index >= 15 is 0 Å². The maximum Gasteiger partial charge on any atom is 0.158 e. The van der Waals surface area contributed by atoms with E-state index in [9.17, 15) is 0 Å². The summed E-state index contributed by atoms with van der Waals surface area (Å²) in [5.74, 6) is 0.553. The fourth-order valence-corrected chi connectivity index (χ4v) is 3.72. The van der Waals surface area contributed by atoms with E-state index in [2.05, 4.69) is 37.9 Å². The average molecular weight is 340 g/mol. The molecule has 3 rings (SSSR count). The highest BCUT2D eigenvalue weighted by atomic mass is 35.5. The molecule has 0 bridgehead atoms. The van der Waals surface area contributed by atoms with E-state index in [1.54, 1.807) is 28.0 Å². The highest BCUT2D eigenvalue weighted by molar-refractivity contribution is 7.15. The number of thiophene rings is 1. The van der Waals surface area contributed by atoms with Crippen molar-refractivity contribution in [2.75, 3.05) is 5.73 Å². The third kappa shape index (κ3) is 2.52. The van der Waals surface area contributed by atoms with Gasteiger partial charge < -0.3 is 5.73 Å². The van der Waals surface area contributed by atoms with Crippen LogP contribution in [0.15, 0.2) is 24.4 Å². The van der Waals surface area contributed by atoms with E-state index in [-0.39, 0.29) is 5.41 Å². The Morgan fingerprint density at radius 1 is 1.24 bits per heavy atom. The average Bonchev–Trinajstić information content (AvgIpc) is 2.95. The Morgan fingerprint density at radius 2 is 1.95 bits per heavy atom. The van der Waals surface area contributed by atoms with Crippen LogP contribution in [0.25, 0.3) is 16.2 Å². The third-order valence-corrected chi connectivity index (χ3v) is 5.26. The van der Waals surface area contributed by atoms with E-state index in [4.69, 9.17) is 28.9 Å². The SMILES string of the molecule is CC(C)(C)c1ccc(-c2nc3c(Cl)cc(Cl)cn3c2N)s1. The Labute approximate surface area is 137 Å². The lowest BCUT2D eigenvalue weighted by atomic mass is 9.95. The molecule has 3 nitrogen and oxygen atoms in total. The van der Waals surface area contributed by atoms with Crippen molar-refractivity contribution in [3.8, 4) is 10.6 Å². The van der Waals surface area contributed by atoms with E-state index in [0.717, 1.165) is 10.6 Å². The zero-order valence-electron chi connectivity index (χ0n) is 11.9. The molecule has 0 aliphatic heterocycles. The van der Waals surface area contributed by atoms with Gasteiger partial charge in [0.1, 0.15) is 11.5 Å². The van der Waals surface area contributed by atoms with Crippen molar-refractivity contribution in [1.82, 2.24) is 9.38 Å². The molecule has 110 valence electrons. The topological polar surface area (TPSA) is 43.3 Å². The van der Waals surface area contributed by atoms with Crippen LogP contribution in [0.3, 0.4) is 0 Å². The Balaban J connectivity index is 2.19. The molecule has 0 aromatic carbocycles. The molecule has 0 radical (unpaired) electrons. The molecule has 2 N–H and O–H groups in total. The molecule has 3 aromatic heterocycles. The minimum absolute atomic E-state index is 0.109. The molecule has 0 saturated heterocycles. The number of fused-ring (bicyclic) bond motifs is 1. The maximum atomic E-state index is 6.22. The molecule has 0 atom stereocenters. The third-order valence-electron chi connectivity index (χ3n) is 3.26. The van der Waals surface area contributed by atoms with Crippen LogP contribution in [0, 0.1) is 0 Å². The second-order valence-corrected chi connectivity index (χ2v) is 7.89. The highest BCUT2D eigenvalue weighted by Gasteiger charge is 2.20. The van der Waals surface area contributed by atoms with Gasteiger partial charge in [0.25, 0.3) is 0 Å². The number of imidazole rings is 1. The predicted octanol–water partition coefficient (Wildman–Crippen LogP) is 5.25. The minimum atomic E-state index is 0.109. The van der Waals surface area contributed by atoms with Gasteiger partial charge in [-0.05, 0) is 23.6 Å². The lowest BCUT2D eigenvalue weighted by Crippen LogP contribution is -2.07. The quantitative estimate of drug-likeness (QED) is 0.657. The molecule has 0 saturated carbocycles. The van der Waals surface area contributed by atoms with Gasteiger partial charge in [0.05, 0.1) is 14.9 Å². The van der Waals surface area contributed by atoms with Crippen LogP contribution < -0.4 is 5.73 Å². The Kier molecular flexibility index (Phi) is 3.43. The predicted molar refractivity (Wildman–Crippen MR) is 91.6 cm³/mol. The van der Waals surface area contributed by atoms with Gasteiger partial charge in [0, 0.05) is 11.1 Å². The fraction of sp³-hybridized carbons (Fsp3) is 0.267. The Morgan fingerprint density at radius 3 is 2.57 bits per heavy atom. The molecule has 3 heterocycles. The van der Waals surface area contributed by atoms with Gasteiger partial charge in [-0.2, -0.15) is 0 Å². The molecular formula is C15H15Cl2N3S. The summed E-state index contributed by atoms with van der Waals surface area (Å²) >= 11 is 13.9. The first kappa shape index (κ1) is 14.7. The van der Waals surface area contributed by atoms with Crippen LogP contribution in [-0.4, -0.2) is 9.38 Å². The van der Waals surface area contributed by atoms with Gasteiger partial charge in [0.2, 0.25) is 0 Å². The van der Waals surface area contributed by atoms with Crippen LogP contribution in [-0.2, 0) is 5.41 Å². The summed E-state index contributed by atoms with van der Waals surface area (Å²) in [5.41, 5.74) is 7.70. The van der Waals surface area contributed by atoms with Gasteiger partial charge in [-0.1, -0.05) is 44.0 Å². The Bertz CT molecular complexity index is 827. The number of nitrogen functional groups attached to an aromatic ring is 1. The lowest BCUT2D eigenvalue weighted by Gasteiger charge is -2.15. The van der Waals surface area contributed by atoms with Gasteiger partial charge in [0.15, 0.2) is 5.65 Å². The van der Waals surface area contributed by atoms with Crippen molar-refractivity contribution in [1.29, 1.82) is 0 Å². The number of hydrogen-bond acceptors (Lipinski definition) is 3. The monoisotopic (exact) mass is 339 g/mol. The molecule has 0 unspecified atom stereocenters. The molecule has 0 spiro atoms. The van der Waals surface area contributed by atoms with Gasteiger partial charge in [-0.3, -0.25) is 4.40 Å². The zero-order chi connectivity index (χ0) is 15.4. The first-order chi connectivity index (χ1) is 9.77. The first-order valence-corrected chi connectivity index (χ1v) is 8.08. The number of aromatic nitrogens is 2. The summed E-state index contributed by atoms with van der Waals surface area (Å²) in [4.78, 5) is 6.90. The van der Waals surface area contributed by atoms with Gasteiger partial charge >= 0.3 is 0 Å². The number of rotatable bonds is 1. The smallest absolute Gasteiger partial charge is 0.158 e. The summed E-state index contributed by atoms with van der Waals surface area (Å²) in [7, 11) is 0. The van der Waals surface area contributed by atoms with E-state index in [1.165, 1.54) is 4.88 Å².